The largest absolute Gasteiger partial charge is 0.356 e. The van der Waals surface area contributed by atoms with Crippen molar-refractivity contribution in [3.63, 3.8) is 0 Å². The van der Waals surface area contributed by atoms with Crippen LogP contribution in [0.25, 0.3) is 0 Å². The molecule has 0 aliphatic heterocycles. The predicted octanol–water partition coefficient (Wildman–Crippen LogP) is 1.22. The molecule has 0 fully saturated rings. The molecule has 0 saturated carbocycles. The number of amides is 1. The number of halogens is 2. The van der Waals surface area contributed by atoms with Gasteiger partial charge in [0, 0.05) is 13.1 Å². The Hall–Kier alpha value is -1.49. The number of carbonyl (C=O) groups is 1. The zero-order valence-corrected chi connectivity index (χ0v) is 9.67. The Morgan fingerprint density at radius 1 is 1.47 bits per heavy atom. The first-order valence-electron chi connectivity index (χ1n) is 5.50. The molecular formula is C12H16F2N2O. The summed E-state index contributed by atoms with van der Waals surface area (Å²) in [6.45, 7) is 2.37. The molecule has 0 aromatic heterocycles. The number of hydrogen-bond acceptors (Lipinski definition) is 2. The molecule has 0 heterocycles. The van der Waals surface area contributed by atoms with Gasteiger partial charge < -0.3 is 11.1 Å². The van der Waals surface area contributed by atoms with Crippen LogP contribution in [-0.2, 0) is 11.2 Å². The molecule has 0 spiro atoms. The van der Waals surface area contributed by atoms with E-state index in [2.05, 4.69) is 5.32 Å². The molecule has 1 atom stereocenters. The van der Waals surface area contributed by atoms with Gasteiger partial charge in [-0.05, 0) is 37.1 Å². The summed E-state index contributed by atoms with van der Waals surface area (Å²) >= 11 is 0. The Labute approximate surface area is 99.0 Å². The maximum Gasteiger partial charge on any atom is 0.224 e. The molecular weight excluding hydrogens is 226 g/mol. The minimum Gasteiger partial charge on any atom is -0.356 e. The van der Waals surface area contributed by atoms with Gasteiger partial charge in [-0.25, -0.2) is 8.78 Å². The van der Waals surface area contributed by atoms with Crippen molar-refractivity contribution in [1.29, 1.82) is 0 Å². The van der Waals surface area contributed by atoms with E-state index in [9.17, 15) is 13.6 Å². The van der Waals surface area contributed by atoms with Gasteiger partial charge in [0.05, 0.1) is 5.92 Å². The highest BCUT2D eigenvalue weighted by atomic mass is 19.1. The first kappa shape index (κ1) is 13.6. The molecule has 3 N–H and O–H groups in total. The maximum atomic E-state index is 13.4. The molecule has 17 heavy (non-hydrogen) atoms. The number of hydrogen-bond donors (Lipinski definition) is 2. The van der Waals surface area contributed by atoms with Gasteiger partial charge in [-0.2, -0.15) is 0 Å². The van der Waals surface area contributed by atoms with Crippen LogP contribution in [0.1, 0.15) is 12.5 Å². The second-order valence-electron chi connectivity index (χ2n) is 3.77. The fourth-order valence-electron chi connectivity index (χ4n) is 1.57. The minimum absolute atomic E-state index is 0.0990. The van der Waals surface area contributed by atoms with E-state index in [1.165, 1.54) is 0 Å². The number of rotatable bonds is 5. The molecule has 5 heteroatoms. The summed E-state index contributed by atoms with van der Waals surface area (Å²) in [4.78, 5) is 11.6. The highest BCUT2D eigenvalue weighted by Gasteiger charge is 2.18. The summed E-state index contributed by atoms with van der Waals surface area (Å²) < 4.78 is 26.3. The lowest BCUT2D eigenvalue weighted by molar-refractivity contribution is -0.124. The Kier molecular flexibility index (Phi) is 5.03. The van der Waals surface area contributed by atoms with Crippen molar-refractivity contribution < 1.29 is 13.6 Å². The Morgan fingerprint density at radius 2 is 2.18 bits per heavy atom. The van der Waals surface area contributed by atoms with E-state index in [4.69, 9.17) is 5.73 Å². The fraction of sp³-hybridized carbons (Fsp3) is 0.417. The van der Waals surface area contributed by atoms with E-state index < -0.39 is 17.6 Å². The van der Waals surface area contributed by atoms with E-state index >= 15 is 0 Å². The maximum absolute atomic E-state index is 13.4. The molecule has 1 aromatic carbocycles. The van der Waals surface area contributed by atoms with Gasteiger partial charge in [0.1, 0.15) is 11.6 Å². The second-order valence-corrected chi connectivity index (χ2v) is 3.77. The molecule has 0 aliphatic carbocycles. The van der Waals surface area contributed by atoms with Gasteiger partial charge in [-0.15, -0.1) is 0 Å². The predicted molar refractivity (Wildman–Crippen MR) is 61.3 cm³/mol. The van der Waals surface area contributed by atoms with Crippen molar-refractivity contribution in [2.75, 3.05) is 13.1 Å². The molecule has 94 valence electrons. The normalized spacial score (nSPS) is 12.2. The van der Waals surface area contributed by atoms with Crippen molar-refractivity contribution in [3.8, 4) is 0 Å². The Balaban J connectivity index is 2.80. The quantitative estimate of drug-likeness (QED) is 0.815. The van der Waals surface area contributed by atoms with Crippen molar-refractivity contribution >= 4 is 5.91 Å². The van der Waals surface area contributed by atoms with Gasteiger partial charge in [0.2, 0.25) is 5.91 Å². The smallest absolute Gasteiger partial charge is 0.224 e. The van der Waals surface area contributed by atoms with Crippen LogP contribution in [0.4, 0.5) is 8.78 Å². The molecule has 0 saturated heterocycles. The van der Waals surface area contributed by atoms with Crippen molar-refractivity contribution in [2.24, 2.45) is 11.7 Å². The molecule has 0 radical (unpaired) electrons. The van der Waals surface area contributed by atoms with Crippen LogP contribution in [-0.4, -0.2) is 19.0 Å². The van der Waals surface area contributed by atoms with Crippen molar-refractivity contribution in [1.82, 2.24) is 5.32 Å². The van der Waals surface area contributed by atoms with Crippen LogP contribution in [0.3, 0.4) is 0 Å². The molecule has 1 aromatic rings. The van der Waals surface area contributed by atoms with Crippen LogP contribution >= 0.6 is 0 Å². The van der Waals surface area contributed by atoms with E-state index in [0.717, 1.165) is 18.2 Å². The highest BCUT2D eigenvalue weighted by Crippen LogP contribution is 2.14. The summed E-state index contributed by atoms with van der Waals surface area (Å²) in [7, 11) is 0. The van der Waals surface area contributed by atoms with Gasteiger partial charge in [-0.3, -0.25) is 4.79 Å². The molecule has 1 amide bonds. The summed E-state index contributed by atoms with van der Waals surface area (Å²) in [5, 5.41) is 2.62. The number of carbonyl (C=O) groups excluding carboxylic acids is 1. The molecule has 1 rings (SSSR count). The SMILES string of the molecule is CCNC(=O)C(CN)Cc1cc(F)ccc1F. The van der Waals surface area contributed by atoms with E-state index in [-0.39, 0.29) is 24.4 Å². The van der Waals surface area contributed by atoms with Crippen molar-refractivity contribution in [2.45, 2.75) is 13.3 Å². The van der Waals surface area contributed by atoms with E-state index in [1.54, 1.807) is 6.92 Å². The zero-order chi connectivity index (χ0) is 12.8. The summed E-state index contributed by atoms with van der Waals surface area (Å²) in [6, 6.07) is 3.19. The first-order chi connectivity index (χ1) is 8.08. The summed E-state index contributed by atoms with van der Waals surface area (Å²) in [5.41, 5.74) is 5.64. The third kappa shape index (κ3) is 3.78. The van der Waals surface area contributed by atoms with E-state index in [1.807, 2.05) is 0 Å². The third-order valence-electron chi connectivity index (χ3n) is 2.48. The fourth-order valence-corrected chi connectivity index (χ4v) is 1.57. The van der Waals surface area contributed by atoms with Crippen LogP contribution in [0.2, 0.25) is 0 Å². The lowest BCUT2D eigenvalue weighted by atomic mass is 9.98. The van der Waals surface area contributed by atoms with Crippen LogP contribution < -0.4 is 11.1 Å². The first-order valence-corrected chi connectivity index (χ1v) is 5.50. The number of nitrogens with one attached hydrogen (secondary N) is 1. The third-order valence-corrected chi connectivity index (χ3v) is 2.48. The van der Waals surface area contributed by atoms with Crippen LogP contribution in [0, 0.1) is 17.6 Å². The molecule has 3 nitrogen and oxygen atoms in total. The zero-order valence-electron chi connectivity index (χ0n) is 9.67. The van der Waals surface area contributed by atoms with Crippen LogP contribution in [0.5, 0.6) is 0 Å². The standard InChI is InChI=1S/C12H16F2N2O/c1-2-16-12(17)9(7-15)5-8-6-10(13)3-4-11(8)14/h3-4,6,9H,2,5,7,15H2,1H3,(H,16,17). The number of benzene rings is 1. The van der Waals surface area contributed by atoms with E-state index in [0.29, 0.717) is 6.54 Å². The lowest BCUT2D eigenvalue weighted by Gasteiger charge is -2.14. The second kappa shape index (κ2) is 6.30. The van der Waals surface area contributed by atoms with Gasteiger partial charge in [0.15, 0.2) is 0 Å². The molecule has 1 unspecified atom stereocenters. The van der Waals surface area contributed by atoms with Gasteiger partial charge >= 0.3 is 0 Å². The number of nitrogens with two attached hydrogens (primary N) is 1. The lowest BCUT2D eigenvalue weighted by Crippen LogP contribution is -2.36. The molecule has 0 bridgehead atoms. The minimum atomic E-state index is -0.536. The van der Waals surface area contributed by atoms with Crippen LogP contribution in [0.15, 0.2) is 18.2 Å². The average molecular weight is 242 g/mol. The summed E-state index contributed by atoms with van der Waals surface area (Å²) in [5.74, 6) is -1.81. The van der Waals surface area contributed by atoms with Gasteiger partial charge in [-0.1, -0.05) is 0 Å². The summed E-state index contributed by atoms with van der Waals surface area (Å²) in [6.07, 6.45) is 0.103. The topological polar surface area (TPSA) is 55.1 Å². The average Bonchev–Trinajstić information content (AvgIpc) is 2.30. The van der Waals surface area contributed by atoms with Gasteiger partial charge in [0.25, 0.3) is 0 Å². The Bertz CT molecular complexity index is 396. The monoisotopic (exact) mass is 242 g/mol. The Morgan fingerprint density at radius 3 is 2.76 bits per heavy atom. The molecule has 0 aliphatic rings. The van der Waals surface area contributed by atoms with Crippen molar-refractivity contribution in [3.05, 3.63) is 35.4 Å². The highest BCUT2D eigenvalue weighted by molar-refractivity contribution is 5.79.